The van der Waals surface area contributed by atoms with Gasteiger partial charge in [-0.25, -0.2) is 0 Å². The van der Waals surface area contributed by atoms with Crippen LogP contribution in [0.4, 0.5) is 0 Å². The third kappa shape index (κ3) is 2.49. The van der Waals surface area contributed by atoms with Gasteiger partial charge in [0.15, 0.2) is 5.78 Å². The van der Waals surface area contributed by atoms with Crippen molar-refractivity contribution in [1.29, 1.82) is 0 Å². The van der Waals surface area contributed by atoms with Crippen LogP contribution >= 0.6 is 0 Å². The van der Waals surface area contributed by atoms with E-state index in [0.29, 0.717) is 0 Å². The van der Waals surface area contributed by atoms with E-state index in [1.807, 2.05) is 40.1 Å². The standard InChI is InChI=1S/C16H25NO/c1-7-16(8-2,17(5)6)15(18)14-11-12(3)9-10-13(14)4/h9-11H,7-8H2,1-6H3. The summed E-state index contributed by atoms with van der Waals surface area (Å²) in [4.78, 5) is 15.0. The molecule has 1 aromatic rings. The minimum absolute atomic E-state index is 0.249. The molecule has 0 spiro atoms. The number of rotatable bonds is 5. The lowest BCUT2D eigenvalue weighted by molar-refractivity contribution is 0.0655. The van der Waals surface area contributed by atoms with Crippen LogP contribution in [0.5, 0.6) is 0 Å². The van der Waals surface area contributed by atoms with Gasteiger partial charge in [0, 0.05) is 5.56 Å². The second kappa shape index (κ2) is 5.66. The SMILES string of the molecule is CCC(CC)(C(=O)c1cc(C)ccc1C)N(C)C. The summed E-state index contributed by atoms with van der Waals surface area (Å²) in [6.45, 7) is 8.23. The van der Waals surface area contributed by atoms with Crippen LogP contribution in [0.15, 0.2) is 18.2 Å². The highest BCUT2D eigenvalue weighted by atomic mass is 16.1. The van der Waals surface area contributed by atoms with E-state index in [1.165, 1.54) is 0 Å². The first-order valence-electron chi connectivity index (χ1n) is 6.68. The average Bonchev–Trinajstić information content (AvgIpc) is 2.34. The highest BCUT2D eigenvalue weighted by molar-refractivity contribution is 6.04. The van der Waals surface area contributed by atoms with Crippen LogP contribution < -0.4 is 0 Å². The average molecular weight is 247 g/mol. The summed E-state index contributed by atoms with van der Waals surface area (Å²) in [5.74, 6) is 0.249. The third-order valence-corrected chi connectivity index (χ3v) is 4.09. The Bertz CT molecular complexity index is 431. The van der Waals surface area contributed by atoms with Crippen molar-refractivity contribution in [2.24, 2.45) is 0 Å². The predicted octanol–water partition coefficient (Wildman–Crippen LogP) is 3.61. The fourth-order valence-corrected chi connectivity index (χ4v) is 2.64. The molecular formula is C16H25NO. The maximum Gasteiger partial charge on any atom is 0.183 e. The molecule has 0 bridgehead atoms. The molecule has 0 aliphatic carbocycles. The molecule has 100 valence electrons. The topological polar surface area (TPSA) is 20.3 Å². The number of hydrogen-bond acceptors (Lipinski definition) is 2. The maximum atomic E-state index is 12.9. The zero-order chi connectivity index (χ0) is 13.9. The van der Waals surface area contributed by atoms with Crippen LogP contribution in [-0.4, -0.2) is 30.3 Å². The molecule has 0 amide bonds. The number of carbonyl (C=O) groups is 1. The number of aryl methyl sites for hydroxylation is 2. The molecule has 0 heterocycles. The zero-order valence-electron chi connectivity index (χ0n) is 12.5. The molecule has 2 nitrogen and oxygen atoms in total. The fourth-order valence-electron chi connectivity index (χ4n) is 2.64. The van der Waals surface area contributed by atoms with Crippen molar-refractivity contribution in [3.63, 3.8) is 0 Å². The second-order valence-electron chi connectivity index (χ2n) is 5.28. The van der Waals surface area contributed by atoms with Crippen LogP contribution in [0.3, 0.4) is 0 Å². The number of nitrogens with zero attached hydrogens (tertiary/aromatic N) is 1. The molecule has 0 fully saturated rings. The van der Waals surface area contributed by atoms with Crippen molar-refractivity contribution in [1.82, 2.24) is 4.90 Å². The van der Waals surface area contributed by atoms with Crippen LogP contribution in [0.1, 0.15) is 48.2 Å². The van der Waals surface area contributed by atoms with E-state index in [2.05, 4.69) is 24.8 Å². The molecule has 0 aliphatic heterocycles. The Morgan fingerprint density at radius 2 is 1.72 bits per heavy atom. The Balaban J connectivity index is 3.30. The largest absolute Gasteiger partial charge is 0.297 e. The lowest BCUT2D eigenvalue weighted by Gasteiger charge is -2.37. The van der Waals surface area contributed by atoms with E-state index in [-0.39, 0.29) is 11.3 Å². The molecule has 0 N–H and O–H groups in total. The molecular weight excluding hydrogens is 222 g/mol. The number of benzene rings is 1. The number of Topliss-reactive ketones (excluding diaryl/α,β-unsaturated/α-hetero) is 1. The summed E-state index contributed by atoms with van der Waals surface area (Å²) in [6.07, 6.45) is 1.67. The van der Waals surface area contributed by atoms with E-state index in [9.17, 15) is 4.79 Å². The van der Waals surface area contributed by atoms with Gasteiger partial charge >= 0.3 is 0 Å². The van der Waals surface area contributed by atoms with Gasteiger partial charge in [-0.05, 0) is 52.4 Å². The van der Waals surface area contributed by atoms with Crippen LogP contribution in [0.25, 0.3) is 0 Å². The Labute approximate surface area is 111 Å². The smallest absolute Gasteiger partial charge is 0.183 e. The summed E-state index contributed by atoms with van der Waals surface area (Å²) in [7, 11) is 3.99. The highest BCUT2D eigenvalue weighted by Crippen LogP contribution is 2.28. The Morgan fingerprint density at radius 1 is 1.17 bits per heavy atom. The van der Waals surface area contributed by atoms with Crippen molar-refractivity contribution in [2.45, 2.75) is 46.1 Å². The Morgan fingerprint density at radius 3 is 2.17 bits per heavy atom. The first-order chi connectivity index (χ1) is 8.39. The molecule has 0 saturated carbocycles. The van der Waals surface area contributed by atoms with Crippen molar-refractivity contribution >= 4 is 5.78 Å². The summed E-state index contributed by atoms with van der Waals surface area (Å²) in [6, 6.07) is 6.11. The van der Waals surface area contributed by atoms with Gasteiger partial charge in [-0.1, -0.05) is 31.5 Å². The van der Waals surface area contributed by atoms with Crippen molar-refractivity contribution in [3.8, 4) is 0 Å². The summed E-state index contributed by atoms with van der Waals surface area (Å²) < 4.78 is 0. The highest BCUT2D eigenvalue weighted by Gasteiger charge is 2.38. The van der Waals surface area contributed by atoms with Gasteiger partial charge in [0.05, 0.1) is 5.54 Å². The van der Waals surface area contributed by atoms with Crippen molar-refractivity contribution in [2.75, 3.05) is 14.1 Å². The molecule has 0 unspecified atom stereocenters. The third-order valence-electron chi connectivity index (χ3n) is 4.09. The first-order valence-corrected chi connectivity index (χ1v) is 6.68. The van der Waals surface area contributed by atoms with E-state index in [0.717, 1.165) is 29.5 Å². The maximum absolute atomic E-state index is 12.9. The molecule has 0 aliphatic rings. The molecule has 0 aromatic heterocycles. The zero-order valence-corrected chi connectivity index (χ0v) is 12.5. The Kier molecular flexibility index (Phi) is 4.69. The number of ketones is 1. The van der Waals surface area contributed by atoms with E-state index >= 15 is 0 Å². The number of likely N-dealkylation sites (N-methyl/N-ethyl adjacent to an activating group) is 1. The first kappa shape index (κ1) is 14.9. The fraction of sp³-hybridized carbons (Fsp3) is 0.562. The van der Waals surface area contributed by atoms with Gasteiger partial charge in [0.2, 0.25) is 0 Å². The van der Waals surface area contributed by atoms with Gasteiger partial charge in [0.25, 0.3) is 0 Å². The van der Waals surface area contributed by atoms with E-state index < -0.39 is 0 Å². The summed E-state index contributed by atoms with van der Waals surface area (Å²) in [5, 5.41) is 0. The van der Waals surface area contributed by atoms with E-state index in [4.69, 9.17) is 0 Å². The minimum Gasteiger partial charge on any atom is -0.297 e. The molecule has 0 radical (unpaired) electrons. The van der Waals surface area contributed by atoms with Crippen LogP contribution in [0.2, 0.25) is 0 Å². The van der Waals surface area contributed by atoms with Gasteiger partial charge in [-0.15, -0.1) is 0 Å². The number of hydrogen-bond donors (Lipinski definition) is 0. The lowest BCUT2D eigenvalue weighted by Crippen LogP contribution is -2.50. The number of carbonyl (C=O) groups excluding carboxylic acids is 1. The van der Waals surface area contributed by atoms with Crippen LogP contribution in [0, 0.1) is 13.8 Å². The Hall–Kier alpha value is -1.15. The molecule has 1 aromatic carbocycles. The van der Waals surface area contributed by atoms with Gasteiger partial charge in [-0.2, -0.15) is 0 Å². The predicted molar refractivity (Wildman–Crippen MR) is 77.2 cm³/mol. The van der Waals surface area contributed by atoms with Crippen molar-refractivity contribution < 1.29 is 4.79 Å². The minimum atomic E-state index is -0.376. The molecule has 2 heteroatoms. The molecule has 1 rings (SSSR count). The van der Waals surface area contributed by atoms with Gasteiger partial charge in [0.1, 0.15) is 0 Å². The quantitative estimate of drug-likeness (QED) is 0.741. The molecule has 0 saturated heterocycles. The molecule has 0 atom stereocenters. The van der Waals surface area contributed by atoms with Gasteiger partial charge in [-0.3, -0.25) is 9.69 Å². The monoisotopic (exact) mass is 247 g/mol. The molecule has 18 heavy (non-hydrogen) atoms. The van der Waals surface area contributed by atoms with E-state index in [1.54, 1.807) is 0 Å². The van der Waals surface area contributed by atoms with Gasteiger partial charge < -0.3 is 0 Å². The van der Waals surface area contributed by atoms with Crippen LogP contribution in [-0.2, 0) is 0 Å². The lowest BCUT2D eigenvalue weighted by atomic mass is 9.81. The normalized spacial score (nSPS) is 11.9. The van der Waals surface area contributed by atoms with Crippen molar-refractivity contribution in [3.05, 3.63) is 34.9 Å². The summed E-state index contributed by atoms with van der Waals surface area (Å²) >= 11 is 0. The second-order valence-corrected chi connectivity index (χ2v) is 5.28. The summed E-state index contributed by atoms with van der Waals surface area (Å²) in [5.41, 5.74) is 2.70.